The highest BCUT2D eigenvalue weighted by Gasteiger charge is 2.33. The summed E-state index contributed by atoms with van der Waals surface area (Å²) in [7, 11) is 1.62. The van der Waals surface area contributed by atoms with Gasteiger partial charge in [-0.15, -0.1) is 0 Å². The van der Waals surface area contributed by atoms with Gasteiger partial charge in [-0.2, -0.15) is 0 Å². The summed E-state index contributed by atoms with van der Waals surface area (Å²) < 4.78 is 5.14. The lowest BCUT2D eigenvalue weighted by atomic mass is 9.89. The lowest BCUT2D eigenvalue weighted by Crippen LogP contribution is -2.55. The number of nitrogens with zero attached hydrogens (tertiary/aromatic N) is 1. The molecule has 3 rings (SSSR count). The van der Waals surface area contributed by atoms with Gasteiger partial charge in [0, 0.05) is 18.6 Å². The SMILES string of the molecule is COc1ccc(CNC(=O)NC(=O)N(C2CCCCC2)C2CCCCC2)cc1. The van der Waals surface area contributed by atoms with Crippen LogP contribution in [0.25, 0.3) is 0 Å². The van der Waals surface area contributed by atoms with Crippen molar-refractivity contribution < 1.29 is 14.3 Å². The maximum absolute atomic E-state index is 13.0. The van der Waals surface area contributed by atoms with Crippen molar-refractivity contribution in [1.29, 1.82) is 0 Å². The number of benzene rings is 1. The third-order valence-electron chi connectivity index (χ3n) is 6.00. The van der Waals surface area contributed by atoms with E-state index in [1.165, 1.54) is 38.5 Å². The highest BCUT2D eigenvalue weighted by Crippen LogP contribution is 2.30. The van der Waals surface area contributed by atoms with Gasteiger partial charge < -0.3 is 15.0 Å². The monoisotopic (exact) mass is 387 g/mol. The van der Waals surface area contributed by atoms with Crippen molar-refractivity contribution in [2.24, 2.45) is 0 Å². The minimum Gasteiger partial charge on any atom is -0.497 e. The van der Waals surface area contributed by atoms with Crippen LogP contribution in [0.5, 0.6) is 5.75 Å². The van der Waals surface area contributed by atoms with Crippen molar-refractivity contribution in [3.63, 3.8) is 0 Å². The summed E-state index contributed by atoms with van der Waals surface area (Å²) in [6.07, 6.45) is 11.4. The molecule has 2 aliphatic carbocycles. The van der Waals surface area contributed by atoms with Crippen molar-refractivity contribution in [1.82, 2.24) is 15.5 Å². The Morgan fingerprint density at radius 3 is 1.96 bits per heavy atom. The maximum atomic E-state index is 13.0. The fraction of sp³-hybridized carbons (Fsp3) is 0.636. The molecule has 0 aromatic heterocycles. The number of amides is 4. The van der Waals surface area contributed by atoms with Crippen LogP contribution in [0.2, 0.25) is 0 Å². The van der Waals surface area contributed by atoms with E-state index in [1.54, 1.807) is 7.11 Å². The van der Waals surface area contributed by atoms with Crippen molar-refractivity contribution >= 4 is 12.1 Å². The average molecular weight is 388 g/mol. The minimum absolute atomic E-state index is 0.231. The molecular formula is C22H33N3O3. The molecule has 0 atom stereocenters. The Morgan fingerprint density at radius 1 is 0.929 bits per heavy atom. The summed E-state index contributed by atoms with van der Waals surface area (Å²) in [4.78, 5) is 27.3. The van der Waals surface area contributed by atoms with Crippen molar-refractivity contribution in [3.8, 4) is 5.75 Å². The molecule has 1 aromatic rings. The first-order valence-corrected chi connectivity index (χ1v) is 10.7. The maximum Gasteiger partial charge on any atom is 0.325 e. The smallest absolute Gasteiger partial charge is 0.325 e. The van der Waals surface area contributed by atoms with Crippen LogP contribution in [0.4, 0.5) is 9.59 Å². The van der Waals surface area contributed by atoms with Gasteiger partial charge in [-0.25, -0.2) is 9.59 Å². The zero-order chi connectivity index (χ0) is 19.8. The Labute approximate surface area is 168 Å². The van der Waals surface area contributed by atoms with E-state index in [0.717, 1.165) is 37.0 Å². The van der Waals surface area contributed by atoms with Crippen molar-refractivity contribution in [3.05, 3.63) is 29.8 Å². The van der Waals surface area contributed by atoms with Crippen molar-refractivity contribution in [2.75, 3.05) is 7.11 Å². The normalized spacial score (nSPS) is 18.3. The molecule has 0 spiro atoms. The predicted octanol–water partition coefficient (Wildman–Crippen LogP) is 4.58. The fourth-order valence-electron chi connectivity index (χ4n) is 4.48. The lowest BCUT2D eigenvalue weighted by molar-refractivity contribution is 0.106. The van der Waals surface area contributed by atoms with Crippen LogP contribution in [0, 0.1) is 0 Å². The summed E-state index contributed by atoms with van der Waals surface area (Å²) in [6.45, 7) is 0.371. The Morgan fingerprint density at radius 2 is 1.46 bits per heavy atom. The third kappa shape index (κ3) is 5.63. The molecule has 2 N–H and O–H groups in total. The molecule has 0 radical (unpaired) electrons. The van der Waals surface area contributed by atoms with Gasteiger partial charge in [-0.05, 0) is 43.4 Å². The van der Waals surface area contributed by atoms with Crippen LogP contribution < -0.4 is 15.4 Å². The number of urea groups is 2. The molecule has 0 bridgehead atoms. The standard InChI is InChI=1S/C22H33N3O3/c1-28-20-14-12-17(13-15-20)16-23-21(26)24-22(27)25(18-8-4-2-5-9-18)19-10-6-3-7-11-19/h12-15,18-19H,2-11,16H2,1H3,(H2,23,24,26,27). The topological polar surface area (TPSA) is 70.7 Å². The quantitative estimate of drug-likeness (QED) is 0.777. The molecule has 0 saturated heterocycles. The van der Waals surface area contributed by atoms with E-state index in [-0.39, 0.29) is 18.1 Å². The van der Waals surface area contributed by atoms with E-state index < -0.39 is 6.03 Å². The third-order valence-corrected chi connectivity index (χ3v) is 6.00. The molecule has 154 valence electrons. The molecule has 28 heavy (non-hydrogen) atoms. The Kier molecular flexibility index (Phi) is 7.57. The molecule has 1 aromatic carbocycles. The van der Waals surface area contributed by atoms with Gasteiger partial charge in [0.25, 0.3) is 0 Å². The minimum atomic E-state index is -0.433. The second-order valence-electron chi connectivity index (χ2n) is 7.95. The number of imide groups is 1. The molecule has 2 aliphatic rings. The molecule has 0 unspecified atom stereocenters. The molecule has 0 aliphatic heterocycles. The summed E-state index contributed by atoms with van der Waals surface area (Å²) in [5, 5.41) is 5.37. The van der Waals surface area contributed by atoms with Crippen LogP contribution in [-0.4, -0.2) is 36.2 Å². The van der Waals surface area contributed by atoms with Crippen molar-refractivity contribution in [2.45, 2.75) is 82.8 Å². The molecule has 2 fully saturated rings. The molecule has 2 saturated carbocycles. The van der Waals surface area contributed by atoms with Crippen LogP contribution in [0.3, 0.4) is 0 Å². The number of ether oxygens (including phenoxy) is 1. The summed E-state index contributed by atoms with van der Waals surface area (Å²) in [5.41, 5.74) is 0.958. The number of hydrogen-bond donors (Lipinski definition) is 2. The first-order chi connectivity index (χ1) is 13.7. The lowest BCUT2D eigenvalue weighted by Gasteiger charge is -2.41. The van der Waals surface area contributed by atoms with E-state index in [1.807, 2.05) is 29.2 Å². The Hall–Kier alpha value is -2.24. The van der Waals surface area contributed by atoms with Crippen LogP contribution in [0.15, 0.2) is 24.3 Å². The average Bonchev–Trinajstić information content (AvgIpc) is 2.74. The van der Waals surface area contributed by atoms with Gasteiger partial charge in [0.2, 0.25) is 0 Å². The van der Waals surface area contributed by atoms with E-state index in [0.29, 0.717) is 6.54 Å². The number of carbonyl (C=O) groups excluding carboxylic acids is 2. The van der Waals surface area contributed by atoms with E-state index in [9.17, 15) is 9.59 Å². The van der Waals surface area contributed by atoms with Gasteiger partial charge in [-0.1, -0.05) is 50.7 Å². The number of hydrogen-bond acceptors (Lipinski definition) is 3. The highest BCUT2D eigenvalue weighted by molar-refractivity contribution is 5.93. The first kappa shape index (κ1) is 20.5. The summed E-state index contributed by atoms with van der Waals surface area (Å²) in [6, 6.07) is 7.39. The van der Waals surface area contributed by atoms with Gasteiger partial charge in [0.15, 0.2) is 0 Å². The number of rotatable bonds is 5. The Balaban J connectivity index is 1.55. The zero-order valence-corrected chi connectivity index (χ0v) is 16.9. The van der Waals surface area contributed by atoms with Crippen LogP contribution in [-0.2, 0) is 6.54 Å². The molecule has 0 heterocycles. The van der Waals surface area contributed by atoms with Gasteiger partial charge in [-0.3, -0.25) is 5.32 Å². The number of methoxy groups -OCH3 is 1. The summed E-state index contributed by atoms with van der Waals surface area (Å²) in [5.74, 6) is 0.777. The highest BCUT2D eigenvalue weighted by atomic mass is 16.5. The van der Waals surface area contributed by atoms with E-state index >= 15 is 0 Å². The van der Waals surface area contributed by atoms with Gasteiger partial charge in [0.1, 0.15) is 5.75 Å². The molecule has 6 nitrogen and oxygen atoms in total. The first-order valence-electron chi connectivity index (χ1n) is 10.7. The number of carbonyl (C=O) groups is 2. The number of nitrogens with one attached hydrogen (secondary N) is 2. The predicted molar refractivity (Wildman–Crippen MR) is 109 cm³/mol. The summed E-state index contributed by atoms with van der Waals surface area (Å²) >= 11 is 0. The second kappa shape index (κ2) is 10.3. The second-order valence-corrected chi connectivity index (χ2v) is 7.95. The zero-order valence-electron chi connectivity index (χ0n) is 16.9. The van der Waals surface area contributed by atoms with E-state index in [2.05, 4.69) is 10.6 Å². The van der Waals surface area contributed by atoms with E-state index in [4.69, 9.17) is 4.74 Å². The fourth-order valence-corrected chi connectivity index (χ4v) is 4.48. The molecule has 4 amide bonds. The largest absolute Gasteiger partial charge is 0.497 e. The van der Waals surface area contributed by atoms with Crippen LogP contribution >= 0.6 is 0 Å². The van der Waals surface area contributed by atoms with Gasteiger partial charge >= 0.3 is 12.1 Å². The molecule has 6 heteroatoms. The van der Waals surface area contributed by atoms with Gasteiger partial charge in [0.05, 0.1) is 7.11 Å². The Bertz CT molecular complexity index is 617. The molecular weight excluding hydrogens is 354 g/mol. The van der Waals surface area contributed by atoms with Crippen LogP contribution in [0.1, 0.15) is 69.8 Å².